The maximum absolute atomic E-state index is 12.5. The first-order valence-corrected chi connectivity index (χ1v) is 7.74. The Balaban J connectivity index is 1.95. The van der Waals surface area contributed by atoms with Crippen molar-refractivity contribution in [3.8, 4) is 0 Å². The van der Waals surface area contributed by atoms with Crippen molar-refractivity contribution in [2.45, 2.75) is 17.2 Å². The van der Waals surface area contributed by atoms with Crippen LogP contribution >= 0.6 is 23.4 Å². The minimum absolute atomic E-state index is 0.0257. The molecule has 1 aromatic carbocycles. The van der Waals surface area contributed by atoms with Gasteiger partial charge in [0.2, 0.25) is 0 Å². The topological polar surface area (TPSA) is 42.0 Å². The van der Waals surface area contributed by atoms with E-state index in [0.717, 1.165) is 5.56 Å². The van der Waals surface area contributed by atoms with E-state index in [1.54, 1.807) is 12.1 Å². The molecule has 2 aromatic rings. The normalized spacial score (nSPS) is 10.7. The summed E-state index contributed by atoms with van der Waals surface area (Å²) in [5, 5.41) is 3.36. The zero-order chi connectivity index (χ0) is 15.9. The number of benzene rings is 1. The maximum atomic E-state index is 12.5. The summed E-state index contributed by atoms with van der Waals surface area (Å²) in [6.45, 7) is 0.382. The molecule has 0 atom stereocenters. The number of alkyl halides is 2. The fraction of sp³-hybridized carbons (Fsp3) is 0.200. The summed E-state index contributed by atoms with van der Waals surface area (Å²) < 4.78 is 24.9. The van der Waals surface area contributed by atoms with Crippen LogP contribution in [0.25, 0.3) is 0 Å². The van der Waals surface area contributed by atoms with Crippen LogP contribution in [0.15, 0.2) is 47.6 Å². The van der Waals surface area contributed by atoms with Gasteiger partial charge in [-0.15, -0.1) is 0 Å². The second-order valence-corrected chi connectivity index (χ2v) is 5.79. The molecule has 0 fully saturated rings. The van der Waals surface area contributed by atoms with Gasteiger partial charge in [-0.05, 0) is 48.0 Å². The molecule has 7 heteroatoms. The van der Waals surface area contributed by atoms with Crippen LogP contribution in [0, 0.1) is 0 Å². The van der Waals surface area contributed by atoms with Gasteiger partial charge in [-0.1, -0.05) is 23.7 Å². The van der Waals surface area contributed by atoms with Gasteiger partial charge in [0.15, 0.2) is 0 Å². The largest absolute Gasteiger partial charge is 0.352 e. The molecule has 1 heterocycles. The molecule has 3 nitrogen and oxygen atoms in total. The number of amides is 1. The summed E-state index contributed by atoms with van der Waals surface area (Å²) in [6, 6.07) is 10.3. The summed E-state index contributed by atoms with van der Waals surface area (Å²) >= 11 is 6.14. The molecule has 116 valence electrons. The van der Waals surface area contributed by atoms with Crippen molar-refractivity contribution < 1.29 is 13.6 Å². The average molecular weight is 343 g/mol. The number of thioether (sulfide) groups is 1. The predicted molar refractivity (Wildman–Crippen MR) is 83.6 cm³/mol. The van der Waals surface area contributed by atoms with Crippen molar-refractivity contribution >= 4 is 29.3 Å². The Morgan fingerprint density at radius 2 is 2.14 bits per heavy atom. The lowest BCUT2D eigenvalue weighted by Gasteiger charge is -2.09. The summed E-state index contributed by atoms with van der Waals surface area (Å²) in [5.74, 6) is -3.04. The SMILES string of the molecule is O=C(NCCc1cccc(Cl)c1)c1cccnc1SC(F)F. The minimum Gasteiger partial charge on any atom is -0.352 e. The highest BCUT2D eigenvalue weighted by atomic mass is 35.5. The van der Waals surface area contributed by atoms with Gasteiger partial charge in [-0.2, -0.15) is 8.78 Å². The van der Waals surface area contributed by atoms with Crippen LogP contribution in [0.5, 0.6) is 0 Å². The van der Waals surface area contributed by atoms with Gasteiger partial charge in [0.05, 0.1) is 5.56 Å². The molecule has 0 saturated heterocycles. The third kappa shape index (κ3) is 4.96. The number of carbonyl (C=O) groups excluding carboxylic acids is 1. The number of pyridine rings is 1. The second kappa shape index (κ2) is 8.10. The quantitative estimate of drug-likeness (QED) is 0.806. The molecule has 0 aliphatic rings. The van der Waals surface area contributed by atoms with E-state index in [2.05, 4.69) is 10.3 Å². The standard InChI is InChI=1S/C15H13ClF2N2OS/c16-11-4-1-3-10(9-11)6-8-19-13(21)12-5-2-7-20-14(12)22-15(17)18/h1-5,7,9,15H,6,8H2,(H,19,21). The summed E-state index contributed by atoms with van der Waals surface area (Å²) in [7, 11) is 0. The Labute approximate surface area is 136 Å². The molecule has 0 saturated carbocycles. The van der Waals surface area contributed by atoms with Crippen LogP contribution in [0.4, 0.5) is 8.78 Å². The molecule has 0 bridgehead atoms. The van der Waals surface area contributed by atoms with E-state index in [1.807, 2.05) is 18.2 Å². The molecule has 2 rings (SSSR count). The smallest absolute Gasteiger partial charge is 0.290 e. The Bertz CT molecular complexity index is 655. The van der Waals surface area contributed by atoms with Crippen LogP contribution in [-0.4, -0.2) is 23.2 Å². The highest BCUT2D eigenvalue weighted by Gasteiger charge is 2.16. The first kappa shape index (κ1) is 16.7. The first-order chi connectivity index (χ1) is 10.6. The third-order valence-corrected chi connectivity index (χ3v) is 3.77. The van der Waals surface area contributed by atoms with Crippen molar-refractivity contribution in [2.24, 2.45) is 0 Å². The molecule has 0 radical (unpaired) electrons. The monoisotopic (exact) mass is 342 g/mol. The number of carbonyl (C=O) groups is 1. The van der Waals surface area contributed by atoms with Gasteiger partial charge >= 0.3 is 0 Å². The maximum Gasteiger partial charge on any atom is 0.290 e. The molecular weight excluding hydrogens is 330 g/mol. The van der Waals surface area contributed by atoms with Gasteiger partial charge in [0, 0.05) is 17.8 Å². The molecule has 0 unspecified atom stereocenters. The highest BCUT2D eigenvalue weighted by Crippen LogP contribution is 2.26. The van der Waals surface area contributed by atoms with E-state index in [-0.39, 0.29) is 22.4 Å². The van der Waals surface area contributed by atoms with Gasteiger partial charge in [-0.25, -0.2) is 4.98 Å². The Hall–Kier alpha value is -1.66. The number of aromatic nitrogens is 1. The number of hydrogen-bond donors (Lipinski definition) is 1. The average Bonchev–Trinajstić information content (AvgIpc) is 2.47. The lowest BCUT2D eigenvalue weighted by molar-refractivity contribution is 0.0950. The predicted octanol–water partition coefficient (Wildman–Crippen LogP) is 4.02. The Kier molecular flexibility index (Phi) is 6.15. The number of hydrogen-bond acceptors (Lipinski definition) is 3. The Morgan fingerprint density at radius 1 is 1.32 bits per heavy atom. The lowest BCUT2D eigenvalue weighted by Crippen LogP contribution is -2.26. The van der Waals surface area contributed by atoms with Crippen LogP contribution < -0.4 is 5.32 Å². The summed E-state index contributed by atoms with van der Waals surface area (Å²) in [4.78, 5) is 15.9. The van der Waals surface area contributed by atoms with Crippen molar-refractivity contribution in [3.05, 3.63) is 58.7 Å². The van der Waals surface area contributed by atoms with Crippen LogP contribution in [0.1, 0.15) is 15.9 Å². The van der Waals surface area contributed by atoms with E-state index >= 15 is 0 Å². The Morgan fingerprint density at radius 3 is 2.86 bits per heavy atom. The molecule has 1 amide bonds. The van der Waals surface area contributed by atoms with Crippen molar-refractivity contribution in [3.63, 3.8) is 0 Å². The second-order valence-electron chi connectivity index (χ2n) is 4.37. The number of nitrogens with one attached hydrogen (secondary N) is 1. The fourth-order valence-corrected chi connectivity index (χ4v) is 2.64. The molecule has 1 N–H and O–H groups in total. The lowest BCUT2D eigenvalue weighted by atomic mass is 10.1. The van der Waals surface area contributed by atoms with E-state index in [1.165, 1.54) is 12.3 Å². The van der Waals surface area contributed by atoms with Crippen LogP contribution in [0.3, 0.4) is 0 Å². The summed E-state index contributed by atoms with van der Waals surface area (Å²) in [6.07, 6.45) is 1.98. The van der Waals surface area contributed by atoms with Gasteiger partial charge < -0.3 is 5.32 Å². The van der Waals surface area contributed by atoms with Gasteiger partial charge in [-0.3, -0.25) is 4.79 Å². The van der Waals surface area contributed by atoms with E-state index < -0.39 is 11.7 Å². The molecule has 22 heavy (non-hydrogen) atoms. The summed E-state index contributed by atoms with van der Waals surface area (Å²) in [5.41, 5.74) is 1.14. The molecule has 1 aromatic heterocycles. The van der Waals surface area contributed by atoms with Gasteiger partial charge in [0.1, 0.15) is 5.03 Å². The number of nitrogens with zero attached hydrogens (tertiary/aromatic N) is 1. The van der Waals surface area contributed by atoms with Crippen LogP contribution in [0.2, 0.25) is 5.02 Å². The van der Waals surface area contributed by atoms with E-state index in [9.17, 15) is 13.6 Å². The zero-order valence-electron chi connectivity index (χ0n) is 11.4. The number of halogens is 3. The molecule has 0 aliphatic heterocycles. The van der Waals surface area contributed by atoms with E-state index in [4.69, 9.17) is 11.6 Å². The molecule has 0 spiro atoms. The van der Waals surface area contributed by atoms with Gasteiger partial charge in [0.25, 0.3) is 11.7 Å². The fourth-order valence-electron chi connectivity index (χ4n) is 1.85. The van der Waals surface area contributed by atoms with Crippen molar-refractivity contribution in [1.82, 2.24) is 10.3 Å². The van der Waals surface area contributed by atoms with E-state index in [0.29, 0.717) is 18.0 Å². The van der Waals surface area contributed by atoms with Crippen molar-refractivity contribution in [2.75, 3.05) is 6.54 Å². The first-order valence-electron chi connectivity index (χ1n) is 6.48. The highest BCUT2D eigenvalue weighted by molar-refractivity contribution is 7.99. The number of rotatable bonds is 6. The third-order valence-electron chi connectivity index (χ3n) is 2.80. The van der Waals surface area contributed by atoms with Crippen molar-refractivity contribution in [1.29, 1.82) is 0 Å². The molecular formula is C15H13ClF2N2OS. The zero-order valence-corrected chi connectivity index (χ0v) is 13.0. The molecule has 0 aliphatic carbocycles. The minimum atomic E-state index is -2.62. The van der Waals surface area contributed by atoms with Crippen LogP contribution in [-0.2, 0) is 6.42 Å².